The predicted molar refractivity (Wildman–Crippen MR) is 66.3 cm³/mol. The van der Waals surface area contributed by atoms with Gasteiger partial charge in [-0.2, -0.15) is 0 Å². The number of hydrogen-bond acceptors (Lipinski definition) is 3. The zero-order chi connectivity index (χ0) is 13.3. The molecule has 0 amide bonds. The maximum atomic E-state index is 13.1. The maximum Gasteiger partial charge on any atom is 0.223 e. The Hall–Kier alpha value is -1.68. The summed E-state index contributed by atoms with van der Waals surface area (Å²) in [6.07, 6.45) is -0.0175. The van der Waals surface area contributed by atoms with Gasteiger partial charge in [0.05, 0.1) is 6.10 Å². The number of Topliss-reactive ketones (excluding diaryl/α,β-unsaturated/α-hetero) is 1. The van der Waals surface area contributed by atoms with Crippen molar-refractivity contribution in [3.63, 3.8) is 0 Å². The van der Waals surface area contributed by atoms with Crippen molar-refractivity contribution in [1.82, 2.24) is 0 Å². The van der Waals surface area contributed by atoms with Crippen LogP contribution in [-0.2, 0) is 4.74 Å². The number of hydrogen-bond donors (Lipinski definition) is 0. The molecule has 18 heavy (non-hydrogen) atoms. The van der Waals surface area contributed by atoms with E-state index in [0.29, 0.717) is 16.5 Å². The number of benzene rings is 1. The molecule has 3 nitrogen and oxygen atoms in total. The summed E-state index contributed by atoms with van der Waals surface area (Å²) in [4.78, 5) is 11.9. The van der Waals surface area contributed by atoms with Crippen LogP contribution in [0.1, 0.15) is 30.0 Å². The monoisotopic (exact) mass is 250 g/mol. The molecule has 0 bridgehead atoms. The van der Waals surface area contributed by atoms with Gasteiger partial charge in [-0.3, -0.25) is 4.79 Å². The van der Waals surface area contributed by atoms with E-state index in [1.807, 2.05) is 13.8 Å². The number of carbonyl (C=O) groups is 1. The van der Waals surface area contributed by atoms with Gasteiger partial charge in [0.1, 0.15) is 18.0 Å². The minimum Gasteiger partial charge on any atom is -0.453 e. The van der Waals surface area contributed by atoms with Crippen LogP contribution in [0.2, 0.25) is 0 Å². The van der Waals surface area contributed by atoms with Gasteiger partial charge in [-0.1, -0.05) is 0 Å². The fourth-order valence-corrected chi connectivity index (χ4v) is 1.77. The Morgan fingerprint density at radius 2 is 2.17 bits per heavy atom. The van der Waals surface area contributed by atoms with Crippen molar-refractivity contribution in [3.05, 3.63) is 35.3 Å². The third kappa shape index (κ3) is 2.43. The number of ketones is 1. The Balaban J connectivity index is 2.34. The van der Waals surface area contributed by atoms with Gasteiger partial charge < -0.3 is 9.15 Å². The predicted octanol–water partition coefficient (Wildman–Crippen LogP) is 3.49. The van der Waals surface area contributed by atoms with Gasteiger partial charge in [-0.15, -0.1) is 0 Å². The van der Waals surface area contributed by atoms with Crippen LogP contribution in [0.4, 0.5) is 4.39 Å². The summed E-state index contributed by atoms with van der Waals surface area (Å²) in [5.41, 5.74) is 1.17. The molecule has 0 radical (unpaired) electrons. The number of rotatable bonds is 4. The summed E-state index contributed by atoms with van der Waals surface area (Å²) >= 11 is 0. The Morgan fingerprint density at radius 3 is 2.83 bits per heavy atom. The van der Waals surface area contributed by atoms with E-state index in [-0.39, 0.29) is 30.1 Å². The SMILES string of the molecule is Cc1c(C(=O)COC(C)C)oc2ccc(F)cc12. The second-order valence-corrected chi connectivity index (χ2v) is 4.48. The minimum absolute atomic E-state index is 0.0175. The molecule has 0 saturated carbocycles. The highest BCUT2D eigenvalue weighted by Gasteiger charge is 2.18. The lowest BCUT2D eigenvalue weighted by Gasteiger charge is -2.05. The first kappa shape index (κ1) is 12.8. The molecule has 0 saturated heterocycles. The summed E-state index contributed by atoms with van der Waals surface area (Å²) in [6, 6.07) is 4.20. The van der Waals surface area contributed by atoms with E-state index >= 15 is 0 Å². The Labute approximate surface area is 105 Å². The average molecular weight is 250 g/mol. The smallest absolute Gasteiger partial charge is 0.223 e. The summed E-state index contributed by atoms with van der Waals surface area (Å²) in [5, 5.41) is 0.628. The van der Waals surface area contributed by atoms with Crippen LogP contribution in [0.5, 0.6) is 0 Å². The molecule has 1 aromatic carbocycles. The number of carbonyl (C=O) groups excluding carboxylic acids is 1. The number of furan rings is 1. The molecule has 2 aromatic rings. The highest BCUT2D eigenvalue weighted by Crippen LogP contribution is 2.26. The topological polar surface area (TPSA) is 39.4 Å². The van der Waals surface area contributed by atoms with Gasteiger partial charge >= 0.3 is 0 Å². The highest BCUT2D eigenvalue weighted by molar-refractivity contribution is 6.00. The zero-order valence-electron chi connectivity index (χ0n) is 10.6. The lowest BCUT2D eigenvalue weighted by Crippen LogP contribution is -2.13. The second-order valence-electron chi connectivity index (χ2n) is 4.48. The Morgan fingerprint density at radius 1 is 1.44 bits per heavy atom. The van der Waals surface area contributed by atoms with Crippen molar-refractivity contribution in [3.8, 4) is 0 Å². The molecule has 0 N–H and O–H groups in total. The van der Waals surface area contributed by atoms with Crippen LogP contribution >= 0.6 is 0 Å². The maximum absolute atomic E-state index is 13.1. The number of halogens is 1. The van der Waals surface area contributed by atoms with E-state index < -0.39 is 0 Å². The normalized spacial score (nSPS) is 11.4. The molecule has 0 fully saturated rings. The molecule has 0 aliphatic rings. The molecule has 0 unspecified atom stereocenters. The minimum atomic E-state index is -0.344. The molecule has 1 aromatic heterocycles. The van der Waals surface area contributed by atoms with E-state index in [0.717, 1.165) is 0 Å². The van der Waals surface area contributed by atoms with Crippen LogP contribution in [0.15, 0.2) is 22.6 Å². The second kappa shape index (κ2) is 4.90. The van der Waals surface area contributed by atoms with E-state index in [9.17, 15) is 9.18 Å². The molecular formula is C14H15FO3. The van der Waals surface area contributed by atoms with Crippen LogP contribution in [-0.4, -0.2) is 18.5 Å². The number of fused-ring (bicyclic) bond motifs is 1. The first-order chi connectivity index (χ1) is 8.49. The van der Waals surface area contributed by atoms with Crippen molar-refractivity contribution in [1.29, 1.82) is 0 Å². The van der Waals surface area contributed by atoms with Gasteiger partial charge in [0.25, 0.3) is 0 Å². The molecule has 0 aliphatic carbocycles. The van der Waals surface area contributed by atoms with E-state index in [4.69, 9.17) is 9.15 Å². The standard InChI is InChI=1S/C14H15FO3/c1-8(2)17-7-12(16)14-9(3)11-6-10(15)4-5-13(11)18-14/h4-6,8H,7H2,1-3H3. The van der Waals surface area contributed by atoms with Crippen molar-refractivity contribution >= 4 is 16.8 Å². The Bertz CT molecular complexity index is 584. The summed E-state index contributed by atoms with van der Waals surface area (Å²) < 4.78 is 23.8. The fraction of sp³-hybridized carbons (Fsp3) is 0.357. The lowest BCUT2D eigenvalue weighted by molar-refractivity contribution is 0.0563. The third-order valence-corrected chi connectivity index (χ3v) is 2.70. The van der Waals surface area contributed by atoms with E-state index in [1.54, 1.807) is 6.92 Å². The fourth-order valence-electron chi connectivity index (χ4n) is 1.77. The van der Waals surface area contributed by atoms with Gasteiger partial charge in [-0.25, -0.2) is 4.39 Å². The van der Waals surface area contributed by atoms with Crippen LogP contribution in [0, 0.1) is 12.7 Å². The third-order valence-electron chi connectivity index (χ3n) is 2.70. The van der Waals surface area contributed by atoms with Crippen LogP contribution in [0.25, 0.3) is 11.0 Å². The van der Waals surface area contributed by atoms with Crippen molar-refractivity contribution < 1.29 is 18.3 Å². The average Bonchev–Trinajstić information content (AvgIpc) is 2.64. The summed E-state index contributed by atoms with van der Waals surface area (Å²) in [5.74, 6) is -0.321. The molecular weight excluding hydrogens is 235 g/mol. The molecule has 4 heteroatoms. The highest BCUT2D eigenvalue weighted by atomic mass is 19.1. The number of ether oxygens (including phenoxy) is 1. The summed E-state index contributed by atoms with van der Waals surface area (Å²) in [7, 11) is 0. The quantitative estimate of drug-likeness (QED) is 0.780. The van der Waals surface area contributed by atoms with Gasteiger partial charge in [-0.05, 0) is 39.0 Å². The number of aryl methyl sites for hydroxylation is 1. The molecule has 0 spiro atoms. The molecule has 0 aliphatic heterocycles. The van der Waals surface area contributed by atoms with Gasteiger partial charge in [0.2, 0.25) is 5.78 Å². The van der Waals surface area contributed by atoms with Gasteiger partial charge in [0.15, 0.2) is 5.76 Å². The lowest BCUT2D eigenvalue weighted by atomic mass is 10.1. The first-order valence-electron chi connectivity index (χ1n) is 5.82. The largest absolute Gasteiger partial charge is 0.453 e. The molecule has 2 rings (SSSR count). The molecule has 0 atom stereocenters. The summed E-state index contributed by atoms with van der Waals surface area (Å²) in [6.45, 7) is 5.43. The zero-order valence-corrected chi connectivity index (χ0v) is 10.6. The van der Waals surface area contributed by atoms with E-state index in [2.05, 4.69) is 0 Å². The Kier molecular flexibility index (Phi) is 3.48. The first-order valence-corrected chi connectivity index (χ1v) is 5.82. The van der Waals surface area contributed by atoms with Crippen molar-refractivity contribution in [2.24, 2.45) is 0 Å². The van der Waals surface area contributed by atoms with Crippen LogP contribution in [0.3, 0.4) is 0 Å². The van der Waals surface area contributed by atoms with E-state index in [1.165, 1.54) is 18.2 Å². The van der Waals surface area contributed by atoms with Gasteiger partial charge in [0, 0.05) is 10.9 Å². The van der Waals surface area contributed by atoms with Crippen molar-refractivity contribution in [2.45, 2.75) is 26.9 Å². The molecule has 96 valence electrons. The van der Waals surface area contributed by atoms with Crippen molar-refractivity contribution in [2.75, 3.05) is 6.61 Å². The molecule has 1 heterocycles. The van der Waals surface area contributed by atoms with Crippen LogP contribution < -0.4 is 0 Å².